The monoisotopic (exact) mass is 187 g/mol. The molecule has 0 bridgehead atoms. The topological polar surface area (TPSA) is 81.2 Å². The van der Waals surface area contributed by atoms with Gasteiger partial charge in [0, 0.05) is 12.1 Å². The molecule has 3 N–H and O–H groups in total. The van der Waals surface area contributed by atoms with E-state index in [1.165, 1.54) is 18.2 Å². The van der Waals surface area contributed by atoms with Crippen LogP contribution >= 0.6 is 11.6 Å². The molecule has 1 aromatic rings. The summed E-state index contributed by atoms with van der Waals surface area (Å²) in [5.41, 5.74) is 2.54. The van der Waals surface area contributed by atoms with Crippen molar-refractivity contribution in [2.24, 2.45) is 5.84 Å². The molecule has 0 aliphatic rings. The first kappa shape index (κ1) is 8.76. The minimum Gasteiger partial charge on any atom is -0.322 e. The summed E-state index contributed by atoms with van der Waals surface area (Å²) >= 11 is 5.64. The van der Waals surface area contributed by atoms with Gasteiger partial charge in [-0.3, -0.25) is 16.0 Å². The quantitative estimate of drug-likeness (QED) is 0.418. The van der Waals surface area contributed by atoms with Gasteiger partial charge >= 0.3 is 0 Å². The predicted octanol–water partition coefficient (Wildman–Crippen LogP) is 1.53. The van der Waals surface area contributed by atoms with Crippen LogP contribution in [0.2, 0.25) is 5.02 Å². The highest BCUT2D eigenvalue weighted by Gasteiger charge is 2.07. The van der Waals surface area contributed by atoms with Gasteiger partial charge in [-0.2, -0.15) is 0 Å². The third-order valence-corrected chi connectivity index (χ3v) is 1.65. The number of nitro benzene ring substituents is 1. The summed E-state index contributed by atoms with van der Waals surface area (Å²) in [7, 11) is 0. The van der Waals surface area contributed by atoms with Gasteiger partial charge in [0.2, 0.25) is 0 Å². The van der Waals surface area contributed by atoms with Crippen LogP contribution in [0.5, 0.6) is 0 Å². The van der Waals surface area contributed by atoms with Crippen molar-refractivity contribution >= 4 is 23.0 Å². The van der Waals surface area contributed by atoms with E-state index in [-0.39, 0.29) is 5.69 Å². The minimum atomic E-state index is -0.517. The summed E-state index contributed by atoms with van der Waals surface area (Å²) in [5.74, 6) is 5.06. The molecule has 6 heteroatoms. The van der Waals surface area contributed by atoms with E-state index in [2.05, 4.69) is 5.43 Å². The van der Waals surface area contributed by atoms with Crippen LogP contribution in [0.25, 0.3) is 0 Å². The van der Waals surface area contributed by atoms with E-state index in [1.807, 2.05) is 0 Å². The molecule has 0 aliphatic carbocycles. The Kier molecular flexibility index (Phi) is 2.47. The lowest BCUT2D eigenvalue weighted by Crippen LogP contribution is -2.07. The molecule has 0 radical (unpaired) electrons. The van der Waals surface area contributed by atoms with Gasteiger partial charge in [-0.15, -0.1) is 0 Å². The molecule has 0 amide bonds. The van der Waals surface area contributed by atoms with Crippen molar-refractivity contribution in [3.8, 4) is 0 Å². The maximum Gasteiger partial charge on any atom is 0.271 e. The van der Waals surface area contributed by atoms with Crippen LogP contribution < -0.4 is 11.3 Å². The molecule has 0 saturated heterocycles. The Balaban J connectivity index is 3.13. The van der Waals surface area contributed by atoms with Gasteiger partial charge in [0.25, 0.3) is 5.69 Å². The highest BCUT2D eigenvalue weighted by atomic mass is 35.5. The largest absolute Gasteiger partial charge is 0.322 e. The van der Waals surface area contributed by atoms with Crippen LogP contribution in [0, 0.1) is 10.1 Å². The van der Waals surface area contributed by atoms with E-state index in [9.17, 15) is 10.1 Å². The third kappa shape index (κ3) is 1.63. The molecule has 64 valence electrons. The van der Waals surface area contributed by atoms with E-state index in [0.717, 1.165) is 0 Å². The third-order valence-electron chi connectivity index (χ3n) is 1.32. The Morgan fingerprint density at radius 1 is 1.58 bits per heavy atom. The number of nitrogens with zero attached hydrogens (tertiary/aromatic N) is 1. The number of halogens is 1. The van der Waals surface area contributed by atoms with Gasteiger partial charge in [-0.05, 0) is 6.07 Å². The van der Waals surface area contributed by atoms with Gasteiger partial charge in [0.15, 0.2) is 0 Å². The lowest BCUT2D eigenvalue weighted by molar-refractivity contribution is -0.384. The Morgan fingerprint density at radius 2 is 2.25 bits per heavy atom. The molecule has 12 heavy (non-hydrogen) atoms. The molecule has 1 rings (SSSR count). The first-order valence-electron chi connectivity index (χ1n) is 3.05. The van der Waals surface area contributed by atoms with Crippen LogP contribution in [0.1, 0.15) is 0 Å². The zero-order chi connectivity index (χ0) is 9.14. The van der Waals surface area contributed by atoms with Crippen molar-refractivity contribution in [1.29, 1.82) is 0 Å². The summed E-state index contributed by atoms with van der Waals surface area (Å²) in [5, 5.41) is 10.6. The number of non-ortho nitro benzene ring substituents is 1. The fourth-order valence-electron chi connectivity index (χ4n) is 0.737. The van der Waals surface area contributed by atoms with Crippen LogP contribution in [-0.2, 0) is 0 Å². The first-order valence-corrected chi connectivity index (χ1v) is 3.43. The number of nitrogens with one attached hydrogen (secondary N) is 1. The van der Waals surface area contributed by atoms with Gasteiger partial charge in [0.1, 0.15) is 0 Å². The van der Waals surface area contributed by atoms with Crippen molar-refractivity contribution in [2.45, 2.75) is 0 Å². The standard InChI is InChI=1S/C6H6ClN3O2/c7-5-2-1-4(10(11)12)3-6(5)9-8/h1-3,9H,8H2. The molecule has 0 fully saturated rings. The number of hydrogen-bond acceptors (Lipinski definition) is 4. The summed E-state index contributed by atoms with van der Waals surface area (Å²) in [6, 6.07) is 3.99. The van der Waals surface area contributed by atoms with Crippen LogP contribution in [-0.4, -0.2) is 4.92 Å². The molecule has 1 aromatic carbocycles. The fourth-order valence-corrected chi connectivity index (χ4v) is 0.910. The second-order valence-electron chi connectivity index (χ2n) is 2.07. The van der Waals surface area contributed by atoms with E-state index < -0.39 is 4.92 Å². The van der Waals surface area contributed by atoms with E-state index in [1.54, 1.807) is 0 Å². The van der Waals surface area contributed by atoms with Crippen molar-refractivity contribution in [3.63, 3.8) is 0 Å². The molecule has 0 saturated carbocycles. The molecular weight excluding hydrogens is 182 g/mol. The Bertz CT molecular complexity index is 316. The van der Waals surface area contributed by atoms with Gasteiger partial charge < -0.3 is 5.43 Å². The van der Waals surface area contributed by atoms with Crippen molar-refractivity contribution < 1.29 is 4.92 Å². The number of anilines is 1. The normalized spacial score (nSPS) is 9.50. The Hall–Kier alpha value is -1.33. The average Bonchev–Trinajstić information content (AvgIpc) is 2.05. The summed E-state index contributed by atoms with van der Waals surface area (Å²) in [6.45, 7) is 0. The smallest absolute Gasteiger partial charge is 0.271 e. The molecule has 0 spiro atoms. The molecule has 0 atom stereocenters. The van der Waals surface area contributed by atoms with Crippen molar-refractivity contribution in [3.05, 3.63) is 33.3 Å². The summed E-state index contributed by atoms with van der Waals surface area (Å²) in [6.07, 6.45) is 0. The lowest BCUT2D eigenvalue weighted by Gasteiger charge is -2.01. The second-order valence-corrected chi connectivity index (χ2v) is 2.47. The molecular formula is C6H6ClN3O2. The highest BCUT2D eigenvalue weighted by molar-refractivity contribution is 6.33. The van der Waals surface area contributed by atoms with E-state index in [0.29, 0.717) is 10.7 Å². The van der Waals surface area contributed by atoms with E-state index in [4.69, 9.17) is 17.4 Å². The van der Waals surface area contributed by atoms with Crippen LogP contribution in [0.3, 0.4) is 0 Å². The molecule has 0 aromatic heterocycles. The summed E-state index contributed by atoms with van der Waals surface area (Å²) in [4.78, 5) is 9.76. The average molecular weight is 188 g/mol. The predicted molar refractivity (Wildman–Crippen MR) is 45.9 cm³/mol. The number of hydrazine groups is 1. The number of nitrogen functional groups attached to an aromatic ring is 1. The zero-order valence-electron chi connectivity index (χ0n) is 5.95. The van der Waals surface area contributed by atoms with Crippen molar-refractivity contribution in [1.82, 2.24) is 0 Å². The highest BCUT2D eigenvalue weighted by Crippen LogP contribution is 2.25. The maximum absolute atomic E-state index is 10.3. The molecule has 0 unspecified atom stereocenters. The first-order chi connectivity index (χ1) is 5.65. The maximum atomic E-state index is 10.3. The summed E-state index contributed by atoms with van der Waals surface area (Å²) < 4.78 is 0. The SMILES string of the molecule is NNc1cc([N+](=O)[O-])ccc1Cl. The minimum absolute atomic E-state index is 0.0487. The number of rotatable bonds is 2. The number of nitro groups is 1. The van der Waals surface area contributed by atoms with E-state index >= 15 is 0 Å². The zero-order valence-corrected chi connectivity index (χ0v) is 6.71. The van der Waals surface area contributed by atoms with Gasteiger partial charge in [-0.1, -0.05) is 11.6 Å². The Labute approximate surface area is 73.2 Å². The number of nitrogens with two attached hydrogens (primary N) is 1. The van der Waals surface area contributed by atoms with Crippen molar-refractivity contribution in [2.75, 3.05) is 5.43 Å². The second kappa shape index (κ2) is 3.38. The molecule has 0 aliphatic heterocycles. The number of benzene rings is 1. The molecule has 5 nitrogen and oxygen atoms in total. The van der Waals surface area contributed by atoms with Crippen LogP contribution in [0.15, 0.2) is 18.2 Å². The fraction of sp³-hybridized carbons (Fsp3) is 0. The molecule has 0 heterocycles. The van der Waals surface area contributed by atoms with Crippen LogP contribution in [0.4, 0.5) is 11.4 Å². The lowest BCUT2D eigenvalue weighted by atomic mass is 10.3. The van der Waals surface area contributed by atoms with Gasteiger partial charge in [0.05, 0.1) is 15.6 Å². The Morgan fingerprint density at radius 3 is 2.75 bits per heavy atom. The number of hydrogen-bond donors (Lipinski definition) is 2. The van der Waals surface area contributed by atoms with Gasteiger partial charge in [-0.25, -0.2) is 0 Å².